The number of thiophene rings is 1. The highest BCUT2D eigenvalue weighted by Gasteiger charge is 2.17. The lowest BCUT2D eigenvalue weighted by molar-refractivity contribution is 0.0959. The number of Topliss-reactive ketones (excluding diaryl/α,β-unsaturated/α-hetero) is 1. The minimum atomic E-state index is 0.108. The van der Waals surface area contributed by atoms with Gasteiger partial charge in [-0.2, -0.15) is 0 Å². The minimum Gasteiger partial charge on any atom is -0.294 e. The molecule has 1 rings (SSSR count). The first-order valence-electron chi connectivity index (χ1n) is 5.06. The molecule has 0 bridgehead atoms. The SMILES string of the molecule is CCC(CC)CC(=O)c1cc(Cl)sc1Cl. The first-order valence-corrected chi connectivity index (χ1v) is 6.63. The largest absolute Gasteiger partial charge is 0.294 e. The Balaban J connectivity index is 2.72. The van der Waals surface area contributed by atoms with Crippen LogP contribution in [0.25, 0.3) is 0 Å². The molecule has 15 heavy (non-hydrogen) atoms. The standard InChI is InChI=1S/C11H14Cl2OS/c1-3-7(4-2)5-9(14)8-6-10(12)15-11(8)13/h6-7H,3-5H2,1-2H3. The molecule has 0 aliphatic rings. The Hall–Kier alpha value is -0.0500. The van der Waals surface area contributed by atoms with E-state index in [0.717, 1.165) is 12.8 Å². The number of hydrogen-bond donors (Lipinski definition) is 0. The second kappa shape index (κ2) is 5.88. The van der Waals surface area contributed by atoms with E-state index in [-0.39, 0.29) is 5.78 Å². The molecular weight excluding hydrogens is 251 g/mol. The number of carbonyl (C=O) groups excluding carboxylic acids is 1. The van der Waals surface area contributed by atoms with E-state index in [1.165, 1.54) is 11.3 Å². The van der Waals surface area contributed by atoms with Gasteiger partial charge < -0.3 is 0 Å². The summed E-state index contributed by atoms with van der Waals surface area (Å²) >= 11 is 13.0. The topological polar surface area (TPSA) is 17.1 Å². The Labute approximate surface area is 104 Å². The number of hydrogen-bond acceptors (Lipinski definition) is 2. The van der Waals surface area contributed by atoms with E-state index < -0.39 is 0 Å². The van der Waals surface area contributed by atoms with Crippen LogP contribution in [-0.2, 0) is 0 Å². The van der Waals surface area contributed by atoms with Gasteiger partial charge in [0, 0.05) is 12.0 Å². The quantitative estimate of drug-likeness (QED) is 0.680. The summed E-state index contributed by atoms with van der Waals surface area (Å²) in [6, 6.07) is 1.67. The molecule has 0 unspecified atom stereocenters. The zero-order valence-corrected chi connectivity index (χ0v) is 11.2. The smallest absolute Gasteiger partial charge is 0.165 e. The van der Waals surface area contributed by atoms with Gasteiger partial charge in [-0.15, -0.1) is 11.3 Å². The Kier molecular flexibility index (Phi) is 5.10. The molecule has 1 nitrogen and oxygen atoms in total. The van der Waals surface area contributed by atoms with Gasteiger partial charge in [0.05, 0.1) is 4.34 Å². The highest BCUT2D eigenvalue weighted by Crippen LogP contribution is 2.32. The first kappa shape index (κ1) is 13.0. The maximum absolute atomic E-state index is 11.9. The van der Waals surface area contributed by atoms with Gasteiger partial charge >= 0.3 is 0 Å². The number of carbonyl (C=O) groups is 1. The number of rotatable bonds is 5. The van der Waals surface area contributed by atoms with Crippen molar-refractivity contribution in [2.24, 2.45) is 5.92 Å². The van der Waals surface area contributed by atoms with Crippen molar-refractivity contribution in [2.75, 3.05) is 0 Å². The molecule has 0 aliphatic heterocycles. The van der Waals surface area contributed by atoms with E-state index in [1.54, 1.807) is 6.07 Å². The first-order chi connectivity index (χ1) is 7.08. The van der Waals surface area contributed by atoms with Crippen LogP contribution in [0, 0.1) is 5.92 Å². The van der Waals surface area contributed by atoms with Gasteiger partial charge in [-0.1, -0.05) is 49.9 Å². The molecule has 0 spiro atoms. The summed E-state index contributed by atoms with van der Waals surface area (Å²) in [5.74, 6) is 0.559. The van der Waals surface area contributed by atoms with Crippen molar-refractivity contribution in [3.63, 3.8) is 0 Å². The van der Waals surface area contributed by atoms with E-state index in [1.807, 2.05) is 0 Å². The van der Waals surface area contributed by atoms with Gasteiger partial charge in [-0.25, -0.2) is 0 Å². The van der Waals surface area contributed by atoms with Gasteiger partial charge in [0.1, 0.15) is 4.34 Å². The summed E-state index contributed by atoms with van der Waals surface area (Å²) < 4.78 is 1.09. The van der Waals surface area contributed by atoms with Gasteiger partial charge in [0.2, 0.25) is 0 Å². The predicted octanol–water partition coefficient (Wildman–Crippen LogP) is 5.06. The van der Waals surface area contributed by atoms with E-state index in [0.29, 0.717) is 26.6 Å². The van der Waals surface area contributed by atoms with Crippen molar-refractivity contribution < 1.29 is 4.79 Å². The van der Waals surface area contributed by atoms with Crippen LogP contribution < -0.4 is 0 Å². The van der Waals surface area contributed by atoms with Crippen molar-refractivity contribution in [1.29, 1.82) is 0 Å². The van der Waals surface area contributed by atoms with Gasteiger partial charge in [-0.05, 0) is 12.0 Å². The van der Waals surface area contributed by atoms with Crippen LogP contribution in [0.2, 0.25) is 8.67 Å². The second-order valence-corrected chi connectivity index (χ2v) is 5.83. The van der Waals surface area contributed by atoms with Crippen LogP contribution in [0.5, 0.6) is 0 Å². The maximum Gasteiger partial charge on any atom is 0.165 e. The summed E-state index contributed by atoms with van der Waals surface area (Å²) in [5, 5.41) is 0. The third-order valence-corrected chi connectivity index (χ3v) is 4.07. The molecule has 0 radical (unpaired) electrons. The molecule has 1 aromatic rings. The molecule has 0 atom stereocenters. The van der Waals surface area contributed by atoms with Crippen LogP contribution in [0.3, 0.4) is 0 Å². The molecule has 0 aromatic carbocycles. The fourth-order valence-corrected chi connectivity index (χ4v) is 2.98. The average Bonchev–Trinajstić information content (AvgIpc) is 2.54. The van der Waals surface area contributed by atoms with Crippen LogP contribution in [-0.4, -0.2) is 5.78 Å². The molecule has 0 N–H and O–H groups in total. The monoisotopic (exact) mass is 264 g/mol. The highest BCUT2D eigenvalue weighted by molar-refractivity contribution is 7.20. The lowest BCUT2D eigenvalue weighted by atomic mass is 9.95. The lowest BCUT2D eigenvalue weighted by Crippen LogP contribution is -2.06. The lowest BCUT2D eigenvalue weighted by Gasteiger charge is -2.10. The Bertz CT molecular complexity index is 342. The van der Waals surface area contributed by atoms with Crippen LogP contribution >= 0.6 is 34.5 Å². The summed E-state index contributed by atoms with van der Waals surface area (Å²) in [6.07, 6.45) is 2.62. The van der Waals surface area contributed by atoms with E-state index in [4.69, 9.17) is 23.2 Å². The molecule has 0 amide bonds. The molecule has 4 heteroatoms. The van der Waals surface area contributed by atoms with E-state index >= 15 is 0 Å². The zero-order chi connectivity index (χ0) is 11.4. The van der Waals surface area contributed by atoms with Gasteiger partial charge in [-0.3, -0.25) is 4.79 Å². The van der Waals surface area contributed by atoms with E-state index in [2.05, 4.69) is 13.8 Å². The molecule has 0 fully saturated rings. The molecule has 0 saturated heterocycles. The summed E-state index contributed by atoms with van der Waals surface area (Å²) in [7, 11) is 0. The van der Waals surface area contributed by atoms with Gasteiger partial charge in [0.25, 0.3) is 0 Å². The maximum atomic E-state index is 11.9. The third-order valence-electron chi connectivity index (χ3n) is 2.59. The van der Waals surface area contributed by atoms with Gasteiger partial charge in [0.15, 0.2) is 5.78 Å². The third kappa shape index (κ3) is 3.47. The summed E-state index contributed by atoms with van der Waals surface area (Å²) in [6.45, 7) is 4.20. The molecule has 1 aromatic heterocycles. The molecule has 84 valence electrons. The average molecular weight is 265 g/mol. The van der Waals surface area contributed by atoms with Crippen molar-refractivity contribution in [3.05, 3.63) is 20.3 Å². The molecular formula is C11H14Cl2OS. The van der Waals surface area contributed by atoms with Crippen LogP contribution in [0.1, 0.15) is 43.5 Å². The van der Waals surface area contributed by atoms with Crippen molar-refractivity contribution in [1.82, 2.24) is 0 Å². The molecule has 0 saturated carbocycles. The Morgan fingerprint density at radius 2 is 2.00 bits per heavy atom. The zero-order valence-electron chi connectivity index (χ0n) is 8.85. The van der Waals surface area contributed by atoms with Crippen molar-refractivity contribution >= 4 is 40.3 Å². The Morgan fingerprint density at radius 1 is 1.40 bits per heavy atom. The fraction of sp³-hybridized carbons (Fsp3) is 0.545. The van der Waals surface area contributed by atoms with Crippen LogP contribution in [0.4, 0.5) is 0 Å². The van der Waals surface area contributed by atoms with Crippen molar-refractivity contribution in [2.45, 2.75) is 33.1 Å². The fourth-order valence-electron chi connectivity index (χ4n) is 1.48. The minimum absolute atomic E-state index is 0.108. The van der Waals surface area contributed by atoms with Crippen LogP contribution in [0.15, 0.2) is 6.07 Å². The molecule has 1 heterocycles. The number of ketones is 1. The Morgan fingerprint density at radius 3 is 2.40 bits per heavy atom. The highest BCUT2D eigenvalue weighted by atomic mass is 35.5. The molecule has 0 aliphatic carbocycles. The normalized spacial score (nSPS) is 11.0. The summed E-state index contributed by atoms with van der Waals surface area (Å²) in [4.78, 5) is 11.9. The second-order valence-electron chi connectivity index (χ2n) is 3.55. The summed E-state index contributed by atoms with van der Waals surface area (Å²) in [5.41, 5.74) is 0.582. The predicted molar refractivity (Wildman–Crippen MR) is 67.4 cm³/mol. The number of halogens is 2. The van der Waals surface area contributed by atoms with E-state index in [9.17, 15) is 4.79 Å². The van der Waals surface area contributed by atoms with Crippen molar-refractivity contribution in [3.8, 4) is 0 Å².